The van der Waals surface area contributed by atoms with Crippen molar-refractivity contribution in [3.63, 3.8) is 0 Å². The molecule has 0 aliphatic rings. The lowest BCUT2D eigenvalue weighted by Gasteiger charge is -2.20. The Morgan fingerprint density at radius 1 is 1.06 bits per heavy atom. The zero-order chi connectivity index (χ0) is 24.2. The van der Waals surface area contributed by atoms with E-state index < -0.39 is 11.9 Å². The molecule has 0 aliphatic heterocycles. The molecule has 2 aromatic heterocycles. The molecule has 8 nitrogen and oxygen atoms in total. The third-order valence-corrected chi connectivity index (χ3v) is 5.36. The summed E-state index contributed by atoms with van der Waals surface area (Å²) in [6.45, 7) is 1.24. The molecule has 1 N–H and O–H groups in total. The number of anilines is 3. The summed E-state index contributed by atoms with van der Waals surface area (Å²) in [5.74, 6) is -0.214. The molecule has 1 amide bonds. The summed E-state index contributed by atoms with van der Waals surface area (Å²) in [4.78, 5) is 35.1. The molecule has 9 heteroatoms. The van der Waals surface area contributed by atoms with E-state index in [4.69, 9.17) is 26.1 Å². The second kappa shape index (κ2) is 9.76. The molecule has 2 heterocycles. The Kier molecular flexibility index (Phi) is 6.60. The smallest absolute Gasteiger partial charge is 0.308 e. The van der Waals surface area contributed by atoms with Crippen LogP contribution in [0, 0.1) is 0 Å². The Hall–Kier alpha value is -4.17. The minimum atomic E-state index is -0.588. The van der Waals surface area contributed by atoms with Gasteiger partial charge < -0.3 is 19.7 Å². The minimum Gasteiger partial charge on any atom is -0.493 e. The van der Waals surface area contributed by atoms with Crippen LogP contribution in [0.4, 0.5) is 17.2 Å². The van der Waals surface area contributed by atoms with Gasteiger partial charge in [0.05, 0.1) is 23.3 Å². The van der Waals surface area contributed by atoms with Gasteiger partial charge in [0, 0.05) is 37.3 Å². The van der Waals surface area contributed by atoms with Crippen molar-refractivity contribution in [1.29, 1.82) is 0 Å². The predicted octanol–water partition coefficient (Wildman–Crippen LogP) is 5.24. The van der Waals surface area contributed by atoms with Gasteiger partial charge in [0.1, 0.15) is 5.82 Å². The number of esters is 1. The Bertz CT molecular complexity index is 1390. The number of amides is 1. The van der Waals surface area contributed by atoms with Crippen molar-refractivity contribution in [2.24, 2.45) is 0 Å². The quantitative estimate of drug-likeness (QED) is 0.380. The first-order valence-corrected chi connectivity index (χ1v) is 10.7. The Balaban J connectivity index is 1.60. The summed E-state index contributed by atoms with van der Waals surface area (Å²) < 4.78 is 10.4. The summed E-state index contributed by atoms with van der Waals surface area (Å²) in [5, 5.41) is 4.24. The van der Waals surface area contributed by atoms with Gasteiger partial charge in [0.25, 0.3) is 5.91 Å². The number of rotatable bonds is 6. The number of halogens is 1. The average molecular weight is 477 g/mol. The third kappa shape index (κ3) is 4.77. The molecule has 0 unspecified atom stereocenters. The zero-order valence-electron chi connectivity index (χ0n) is 18.7. The number of hydrogen-bond donors (Lipinski definition) is 1. The molecule has 0 saturated carbocycles. The minimum absolute atomic E-state index is 0.0373. The summed E-state index contributed by atoms with van der Waals surface area (Å²) in [5.41, 5.74) is 2.05. The van der Waals surface area contributed by atoms with Crippen LogP contribution >= 0.6 is 11.6 Å². The first kappa shape index (κ1) is 23.0. The van der Waals surface area contributed by atoms with Gasteiger partial charge in [-0.1, -0.05) is 23.7 Å². The van der Waals surface area contributed by atoms with Crippen LogP contribution in [-0.4, -0.2) is 36.0 Å². The first-order valence-electron chi connectivity index (χ1n) is 10.3. The lowest BCUT2D eigenvalue weighted by molar-refractivity contribution is -0.132. The molecule has 0 atom stereocenters. The number of carbonyl (C=O) groups excluding carboxylic acids is 2. The number of ether oxygens (including phenoxy) is 2. The van der Waals surface area contributed by atoms with Gasteiger partial charge in [-0.05, 0) is 42.5 Å². The molecular formula is C25H21ClN4O4. The van der Waals surface area contributed by atoms with E-state index in [0.717, 1.165) is 22.4 Å². The van der Waals surface area contributed by atoms with Crippen molar-refractivity contribution >= 4 is 51.6 Å². The lowest BCUT2D eigenvalue weighted by Crippen LogP contribution is -2.17. The summed E-state index contributed by atoms with van der Waals surface area (Å²) in [6.07, 6.45) is 1.40. The van der Waals surface area contributed by atoms with Crippen molar-refractivity contribution in [3.05, 3.63) is 77.6 Å². The molecule has 0 aliphatic carbocycles. The molecule has 4 rings (SSSR count). The van der Waals surface area contributed by atoms with Crippen LogP contribution in [0.2, 0.25) is 5.02 Å². The number of para-hydroxylation sites is 1. The van der Waals surface area contributed by atoms with E-state index in [1.54, 1.807) is 18.2 Å². The average Bonchev–Trinajstić information content (AvgIpc) is 2.83. The van der Waals surface area contributed by atoms with E-state index in [2.05, 4.69) is 10.3 Å². The predicted molar refractivity (Wildman–Crippen MR) is 131 cm³/mol. The van der Waals surface area contributed by atoms with Crippen molar-refractivity contribution < 1.29 is 19.1 Å². The fraction of sp³-hybridized carbons (Fsp3) is 0.120. The van der Waals surface area contributed by atoms with Crippen molar-refractivity contribution in [2.75, 3.05) is 24.4 Å². The van der Waals surface area contributed by atoms with E-state index in [0.29, 0.717) is 10.7 Å². The number of nitrogens with one attached hydrogen (secondary N) is 1. The van der Waals surface area contributed by atoms with Crippen molar-refractivity contribution in [2.45, 2.75) is 6.92 Å². The molecule has 0 fully saturated rings. The van der Waals surface area contributed by atoms with Gasteiger partial charge in [-0.15, -0.1) is 0 Å². The number of benzene rings is 2. The van der Waals surface area contributed by atoms with Crippen LogP contribution in [0.3, 0.4) is 0 Å². The number of aromatic nitrogens is 2. The summed E-state index contributed by atoms with van der Waals surface area (Å²) in [7, 11) is 3.31. The molecule has 0 radical (unpaired) electrons. The largest absolute Gasteiger partial charge is 0.493 e. The molecule has 4 aromatic rings. The van der Waals surface area contributed by atoms with Crippen LogP contribution < -0.4 is 19.7 Å². The molecule has 0 saturated heterocycles. The number of hydrogen-bond acceptors (Lipinski definition) is 7. The Labute approximate surface area is 201 Å². The van der Waals surface area contributed by atoms with E-state index in [1.165, 1.54) is 26.3 Å². The second-order valence-corrected chi connectivity index (χ2v) is 7.73. The van der Waals surface area contributed by atoms with Crippen LogP contribution in [-0.2, 0) is 4.79 Å². The van der Waals surface area contributed by atoms with E-state index in [9.17, 15) is 9.59 Å². The third-order valence-electron chi connectivity index (χ3n) is 5.04. The number of pyridine rings is 2. The molecule has 34 heavy (non-hydrogen) atoms. The van der Waals surface area contributed by atoms with Gasteiger partial charge in [-0.2, -0.15) is 0 Å². The topological polar surface area (TPSA) is 93.7 Å². The maximum atomic E-state index is 12.9. The van der Waals surface area contributed by atoms with E-state index in [-0.39, 0.29) is 17.2 Å². The van der Waals surface area contributed by atoms with Crippen molar-refractivity contribution in [1.82, 2.24) is 9.97 Å². The molecule has 172 valence electrons. The van der Waals surface area contributed by atoms with E-state index in [1.807, 2.05) is 48.3 Å². The van der Waals surface area contributed by atoms with Gasteiger partial charge in [0.15, 0.2) is 11.4 Å². The number of methoxy groups -OCH3 is 1. The van der Waals surface area contributed by atoms with Crippen LogP contribution in [0.1, 0.15) is 17.4 Å². The highest BCUT2D eigenvalue weighted by atomic mass is 35.5. The fourth-order valence-corrected chi connectivity index (χ4v) is 3.67. The lowest BCUT2D eigenvalue weighted by atomic mass is 10.2. The molecule has 2 aromatic carbocycles. The summed E-state index contributed by atoms with van der Waals surface area (Å²) >= 11 is 6.31. The van der Waals surface area contributed by atoms with Gasteiger partial charge in [0.2, 0.25) is 5.75 Å². The number of carbonyl (C=O) groups is 2. The Morgan fingerprint density at radius 3 is 2.59 bits per heavy atom. The zero-order valence-corrected chi connectivity index (χ0v) is 19.5. The highest BCUT2D eigenvalue weighted by molar-refractivity contribution is 6.33. The highest BCUT2D eigenvalue weighted by Gasteiger charge is 2.21. The van der Waals surface area contributed by atoms with E-state index >= 15 is 0 Å². The van der Waals surface area contributed by atoms with Crippen LogP contribution in [0.25, 0.3) is 10.9 Å². The van der Waals surface area contributed by atoms with Gasteiger partial charge in [-0.3, -0.25) is 9.59 Å². The molecule has 0 spiro atoms. The van der Waals surface area contributed by atoms with Gasteiger partial charge in [-0.25, -0.2) is 9.97 Å². The molecular weight excluding hydrogens is 456 g/mol. The maximum absolute atomic E-state index is 12.9. The SMILES string of the molecule is COc1ccnc(C(=O)Nc2ccc3nc(N(C)c4ccccc4Cl)ccc3c2)c1OC(C)=O. The first-order chi connectivity index (χ1) is 16.4. The van der Waals surface area contributed by atoms with Crippen LogP contribution in [0.5, 0.6) is 11.5 Å². The maximum Gasteiger partial charge on any atom is 0.308 e. The highest BCUT2D eigenvalue weighted by Crippen LogP contribution is 2.32. The second-order valence-electron chi connectivity index (χ2n) is 7.33. The summed E-state index contributed by atoms with van der Waals surface area (Å²) in [6, 6.07) is 18.2. The Morgan fingerprint density at radius 2 is 1.85 bits per heavy atom. The number of nitrogens with zero attached hydrogens (tertiary/aromatic N) is 3. The number of fused-ring (bicyclic) bond motifs is 1. The normalized spacial score (nSPS) is 10.6. The molecule has 0 bridgehead atoms. The fourth-order valence-electron chi connectivity index (χ4n) is 3.41. The standard InChI is InChI=1S/C25H21ClN4O4/c1-15(31)34-24-21(33-3)12-13-27-23(24)25(32)28-17-9-10-19-16(14-17)8-11-22(29-19)30(2)20-7-5-4-6-18(20)26/h4-14H,1-3H3,(H,28,32). The monoisotopic (exact) mass is 476 g/mol. The van der Waals surface area contributed by atoms with Crippen molar-refractivity contribution in [3.8, 4) is 11.5 Å². The van der Waals surface area contributed by atoms with Crippen LogP contribution in [0.15, 0.2) is 66.9 Å². The van der Waals surface area contributed by atoms with Gasteiger partial charge >= 0.3 is 5.97 Å².